The highest BCUT2D eigenvalue weighted by Crippen LogP contribution is 2.19. The minimum atomic E-state index is -3.65. The molecule has 1 aliphatic rings. The number of aryl methyl sites for hydroxylation is 1. The Kier molecular flexibility index (Phi) is 5.81. The van der Waals surface area contributed by atoms with Crippen LogP contribution in [0.15, 0.2) is 47.4 Å². The molecule has 1 saturated heterocycles. The molecule has 28 heavy (non-hydrogen) atoms. The summed E-state index contributed by atoms with van der Waals surface area (Å²) in [6, 6.07) is 11.2. The summed E-state index contributed by atoms with van der Waals surface area (Å²) in [5.41, 5.74) is 1.91. The first-order valence-electron chi connectivity index (χ1n) is 9.07. The van der Waals surface area contributed by atoms with Gasteiger partial charge in [0.15, 0.2) is 0 Å². The van der Waals surface area contributed by atoms with Crippen molar-refractivity contribution in [2.45, 2.75) is 24.7 Å². The summed E-state index contributed by atoms with van der Waals surface area (Å²) in [5.74, 6) is -0.483. The molecular weight excluding hydrogens is 378 g/mol. The molecule has 0 aromatic heterocycles. The molecule has 2 amide bonds. The van der Waals surface area contributed by atoms with Crippen LogP contribution in [0.3, 0.4) is 0 Å². The number of anilines is 1. The molecule has 0 unspecified atom stereocenters. The van der Waals surface area contributed by atoms with Crippen LogP contribution < -0.4 is 10.0 Å². The summed E-state index contributed by atoms with van der Waals surface area (Å²) in [7, 11) is -2.33. The lowest BCUT2D eigenvalue weighted by Crippen LogP contribution is -2.27. The number of benzene rings is 2. The average molecular weight is 401 g/mol. The lowest BCUT2D eigenvalue weighted by Gasteiger charge is -2.16. The maximum Gasteiger partial charge on any atom is 0.255 e. The first-order chi connectivity index (χ1) is 13.3. The molecule has 0 radical (unpaired) electrons. The van der Waals surface area contributed by atoms with Gasteiger partial charge in [0, 0.05) is 29.9 Å². The summed E-state index contributed by atoms with van der Waals surface area (Å²) in [6.45, 7) is 3.24. The predicted octanol–water partition coefficient (Wildman–Crippen LogP) is 2.39. The van der Waals surface area contributed by atoms with E-state index in [0.29, 0.717) is 16.8 Å². The monoisotopic (exact) mass is 401 g/mol. The summed E-state index contributed by atoms with van der Waals surface area (Å²) in [6.07, 6.45) is 2.01. The molecule has 2 aromatic carbocycles. The maximum absolute atomic E-state index is 12.7. The first kappa shape index (κ1) is 20.0. The van der Waals surface area contributed by atoms with Crippen molar-refractivity contribution in [3.05, 3.63) is 59.2 Å². The summed E-state index contributed by atoms with van der Waals surface area (Å²) >= 11 is 0. The van der Waals surface area contributed by atoms with E-state index in [9.17, 15) is 18.0 Å². The van der Waals surface area contributed by atoms with Crippen LogP contribution in [0.25, 0.3) is 0 Å². The third-order valence-corrected chi connectivity index (χ3v) is 6.21. The third-order valence-electron chi connectivity index (χ3n) is 4.79. The third kappa shape index (κ3) is 4.23. The number of hydrogen-bond donors (Lipinski definition) is 2. The number of sulfonamides is 1. The van der Waals surface area contributed by atoms with Gasteiger partial charge < -0.3 is 10.2 Å². The molecule has 0 spiro atoms. The molecule has 0 aliphatic carbocycles. The second-order valence-electron chi connectivity index (χ2n) is 6.72. The van der Waals surface area contributed by atoms with E-state index in [1.807, 2.05) is 0 Å². The van der Waals surface area contributed by atoms with E-state index in [0.717, 1.165) is 25.9 Å². The second kappa shape index (κ2) is 8.12. The number of amides is 2. The summed E-state index contributed by atoms with van der Waals surface area (Å²) < 4.78 is 26.2. The van der Waals surface area contributed by atoms with Crippen molar-refractivity contribution in [2.75, 3.05) is 25.5 Å². The van der Waals surface area contributed by atoms with Crippen molar-refractivity contribution in [3.63, 3.8) is 0 Å². The fourth-order valence-electron chi connectivity index (χ4n) is 3.16. The van der Waals surface area contributed by atoms with Crippen LogP contribution in [-0.4, -0.2) is 45.3 Å². The van der Waals surface area contributed by atoms with Crippen LogP contribution in [-0.2, 0) is 10.0 Å². The van der Waals surface area contributed by atoms with Gasteiger partial charge in [0.05, 0.1) is 4.90 Å². The molecule has 148 valence electrons. The minimum Gasteiger partial charge on any atom is -0.339 e. The van der Waals surface area contributed by atoms with Crippen LogP contribution in [0.4, 0.5) is 5.69 Å². The van der Waals surface area contributed by atoms with Gasteiger partial charge in [0.1, 0.15) is 0 Å². The van der Waals surface area contributed by atoms with Gasteiger partial charge in [0.25, 0.3) is 11.8 Å². The lowest BCUT2D eigenvalue weighted by molar-refractivity contribution is 0.0792. The van der Waals surface area contributed by atoms with E-state index in [1.54, 1.807) is 42.2 Å². The Labute approximate surface area is 164 Å². The lowest BCUT2D eigenvalue weighted by atomic mass is 10.1. The summed E-state index contributed by atoms with van der Waals surface area (Å²) in [4.78, 5) is 27.1. The van der Waals surface area contributed by atoms with Gasteiger partial charge in [-0.15, -0.1) is 0 Å². The highest BCUT2D eigenvalue weighted by Gasteiger charge is 2.20. The van der Waals surface area contributed by atoms with Crippen LogP contribution in [0, 0.1) is 6.92 Å². The topological polar surface area (TPSA) is 95.6 Å². The van der Waals surface area contributed by atoms with Gasteiger partial charge in [-0.25, -0.2) is 13.1 Å². The predicted molar refractivity (Wildman–Crippen MR) is 107 cm³/mol. The van der Waals surface area contributed by atoms with E-state index in [1.165, 1.54) is 19.2 Å². The maximum atomic E-state index is 12.7. The highest BCUT2D eigenvalue weighted by atomic mass is 32.2. The number of nitrogens with one attached hydrogen (secondary N) is 2. The zero-order valence-electron chi connectivity index (χ0n) is 15.9. The Morgan fingerprint density at radius 1 is 1.04 bits per heavy atom. The standard InChI is InChI=1S/C20H23N3O4S/c1-14-8-9-17(28(26,27)21-2)13-18(14)19(24)22-16-7-5-6-15(12-16)20(25)23-10-3-4-11-23/h5-9,12-13,21H,3-4,10-11H2,1-2H3,(H,22,24). The molecule has 1 fully saturated rings. The van der Waals surface area contributed by atoms with Crippen molar-refractivity contribution < 1.29 is 18.0 Å². The van der Waals surface area contributed by atoms with Crippen molar-refractivity contribution in [3.8, 4) is 0 Å². The fraction of sp³-hybridized carbons (Fsp3) is 0.300. The Hall–Kier alpha value is -2.71. The number of carbonyl (C=O) groups is 2. The minimum absolute atomic E-state index is 0.0173. The molecule has 0 saturated carbocycles. The molecule has 8 heteroatoms. The van der Waals surface area contributed by atoms with Gasteiger partial charge in [-0.2, -0.15) is 0 Å². The van der Waals surface area contributed by atoms with Crippen LogP contribution in [0.2, 0.25) is 0 Å². The molecule has 0 bridgehead atoms. The molecule has 7 nitrogen and oxygen atoms in total. The van der Waals surface area contributed by atoms with Crippen molar-refractivity contribution >= 4 is 27.5 Å². The number of likely N-dealkylation sites (tertiary alicyclic amines) is 1. The second-order valence-corrected chi connectivity index (χ2v) is 8.61. The van der Waals surface area contributed by atoms with E-state index in [2.05, 4.69) is 10.0 Å². The largest absolute Gasteiger partial charge is 0.339 e. The Bertz CT molecular complexity index is 1010. The Morgan fingerprint density at radius 2 is 1.75 bits per heavy atom. The quantitative estimate of drug-likeness (QED) is 0.804. The number of rotatable bonds is 5. The van der Waals surface area contributed by atoms with Gasteiger partial charge in [-0.1, -0.05) is 12.1 Å². The smallest absolute Gasteiger partial charge is 0.255 e. The Morgan fingerprint density at radius 3 is 2.43 bits per heavy atom. The van der Waals surface area contributed by atoms with Gasteiger partial charge in [-0.05, 0) is 62.7 Å². The summed E-state index contributed by atoms with van der Waals surface area (Å²) in [5, 5.41) is 2.76. The zero-order valence-corrected chi connectivity index (χ0v) is 16.7. The van der Waals surface area contributed by atoms with E-state index in [-0.39, 0.29) is 16.4 Å². The Balaban J connectivity index is 1.83. The average Bonchev–Trinajstić information content (AvgIpc) is 3.22. The SMILES string of the molecule is CNS(=O)(=O)c1ccc(C)c(C(=O)Nc2cccc(C(=O)N3CCCC3)c2)c1. The van der Waals surface area contributed by atoms with E-state index < -0.39 is 15.9 Å². The molecule has 2 aromatic rings. The van der Waals surface area contributed by atoms with Crippen molar-refractivity contribution in [2.24, 2.45) is 0 Å². The number of nitrogens with zero attached hydrogens (tertiary/aromatic N) is 1. The van der Waals surface area contributed by atoms with Crippen LogP contribution in [0.1, 0.15) is 39.1 Å². The van der Waals surface area contributed by atoms with E-state index in [4.69, 9.17) is 0 Å². The van der Waals surface area contributed by atoms with Gasteiger partial charge in [0.2, 0.25) is 10.0 Å². The van der Waals surface area contributed by atoms with E-state index >= 15 is 0 Å². The normalized spacial score (nSPS) is 14.1. The molecule has 0 atom stereocenters. The van der Waals surface area contributed by atoms with Crippen LogP contribution in [0.5, 0.6) is 0 Å². The molecule has 1 heterocycles. The number of hydrogen-bond acceptors (Lipinski definition) is 4. The molecule has 3 rings (SSSR count). The van der Waals surface area contributed by atoms with Gasteiger partial charge in [-0.3, -0.25) is 9.59 Å². The first-order valence-corrected chi connectivity index (χ1v) is 10.5. The zero-order chi connectivity index (χ0) is 20.3. The molecular formula is C20H23N3O4S. The fourth-order valence-corrected chi connectivity index (χ4v) is 3.92. The molecule has 1 aliphatic heterocycles. The molecule has 2 N–H and O–H groups in total. The highest BCUT2D eigenvalue weighted by molar-refractivity contribution is 7.89. The van der Waals surface area contributed by atoms with Crippen LogP contribution >= 0.6 is 0 Å². The number of carbonyl (C=O) groups excluding carboxylic acids is 2. The van der Waals surface area contributed by atoms with Crippen molar-refractivity contribution in [1.82, 2.24) is 9.62 Å². The van der Waals surface area contributed by atoms with Crippen molar-refractivity contribution in [1.29, 1.82) is 0 Å². The van der Waals surface area contributed by atoms with Gasteiger partial charge >= 0.3 is 0 Å².